The first kappa shape index (κ1) is 18.6. The van der Waals surface area contributed by atoms with Crippen molar-refractivity contribution >= 4 is 16.7 Å². The minimum atomic E-state index is -0.667. The lowest BCUT2D eigenvalue weighted by Gasteiger charge is -2.16. The zero-order valence-corrected chi connectivity index (χ0v) is 17.5. The molecule has 152 valence electrons. The van der Waals surface area contributed by atoms with Crippen LogP contribution in [0.5, 0.6) is 11.5 Å². The third-order valence-electron chi connectivity index (χ3n) is 5.43. The molecule has 0 saturated carbocycles. The van der Waals surface area contributed by atoms with Crippen molar-refractivity contribution in [3.05, 3.63) is 72.3 Å². The van der Waals surface area contributed by atoms with Crippen LogP contribution in [0.3, 0.4) is 0 Å². The number of nitrogens with zero attached hydrogens (tertiary/aromatic N) is 2. The molecule has 5 heteroatoms. The minimum absolute atomic E-state index is 0.667. The Balaban J connectivity index is 1.63. The number of aromatic nitrogens is 2. The van der Waals surface area contributed by atoms with Crippen molar-refractivity contribution in [1.29, 1.82) is 0 Å². The lowest BCUT2D eigenvalue weighted by molar-refractivity contribution is -0.0431. The maximum Gasteiger partial charge on any atom is 0.246 e. The number of hydrogen-bond donors (Lipinski definition) is 1. The van der Waals surface area contributed by atoms with E-state index in [9.17, 15) is 0 Å². The molecule has 2 heterocycles. The van der Waals surface area contributed by atoms with Crippen LogP contribution < -0.4 is 14.8 Å². The smallest absolute Gasteiger partial charge is 0.246 e. The Kier molecular flexibility index (Phi) is 4.39. The normalized spacial score (nSPS) is 14.2. The second-order valence-electron chi connectivity index (χ2n) is 8.01. The Labute approximate surface area is 176 Å². The quantitative estimate of drug-likeness (QED) is 0.482. The van der Waals surface area contributed by atoms with Gasteiger partial charge in [0.1, 0.15) is 5.82 Å². The van der Waals surface area contributed by atoms with Gasteiger partial charge in [-0.25, -0.2) is 4.98 Å². The van der Waals surface area contributed by atoms with Crippen LogP contribution in [-0.4, -0.2) is 22.4 Å². The van der Waals surface area contributed by atoms with E-state index in [4.69, 9.17) is 14.5 Å². The summed E-state index contributed by atoms with van der Waals surface area (Å²) in [6, 6.07) is 22.9. The third-order valence-corrected chi connectivity index (χ3v) is 5.43. The molecule has 30 heavy (non-hydrogen) atoms. The number of rotatable bonds is 5. The lowest BCUT2D eigenvalue weighted by Crippen LogP contribution is -2.29. The van der Waals surface area contributed by atoms with Gasteiger partial charge in [0.2, 0.25) is 5.79 Å². The summed E-state index contributed by atoms with van der Waals surface area (Å²) in [6.07, 6.45) is 0.931. The van der Waals surface area contributed by atoms with E-state index in [1.54, 1.807) is 0 Å². The van der Waals surface area contributed by atoms with Gasteiger partial charge in [0, 0.05) is 44.8 Å². The van der Waals surface area contributed by atoms with Crippen LogP contribution >= 0.6 is 0 Å². The molecular weight excluding hydrogens is 374 g/mol. The van der Waals surface area contributed by atoms with E-state index in [0.29, 0.717) is 0 Å². The molecule has 1 aromatic heterocycles. The molecule has 0 spiro atoms. The van der Waals surface area contributed by atoms with Crippen LogP contribution in [-0.2, 0) is 13.0 Å². The van der Waals surface area contributed by atoms with Crippen LogP contribution in [0.15, 0.2) is 66.7 Å². The molecule has 0 aliphatic carbocycles. The maximum absolute atomic E-state index is 6.01. The molecule has 0 atom stereocenters. The molecule has 0 bridgehead atoms. The van der Waals surface area contributed by atoms with Crippen LogP contribution in [0.2, 0.25) is 0 Å². The number of ether oxygens (including phenoxy) is 2. The van der Waals surface area contributed by atoms with Crippen molar-refractivity contribution in [2.24, 2.45) is 0 Å². The zero-order valence-electron chi connectivity index (χ0n) is 17.5. The van der Waals surface area contributed by atoms with Crippen molar-refractivity contribution in [2.45, 2.75) is 32.6 Å². The fourth-order valence-electron chi connectivity index (χ4n) is 4.05. The number of nitrogens with one attached hydrogen (secondary N) is 1. The molecule has 0 amide bonds. The van der Waals surface area contributed by atoms with E-state index in [1.165, 1.54) is 5.56 Å². The van der Waals surface area contributed by atoms with Gasteiger partial charge in [-0.1, -0.05) is 42.5 Å². The predicted molar refractivity (Wildman–Crippen MR) is 120 cm³/mol. The Bertz CT molecular complexity index is 1210. The second-order valence-corrected chi connectivity index (χ2v) is 8.01. The number of hydrogen-bond acceptors (Lipinski definition) is 4. The van der Waals surface area contributed by atoms with Crippen LogP contribution in [0.25, 0.3) is 22.4 Å². The summed E-state index contributed by atoms with van der Waals surface area (Å²) in [5, 5.41) is 3.31. The first-order valence-electron chi connectivity index (χ1n) is 10.3. The molecule has 3 aromatic carbocycles. The van der Waals surface area contributed by atoms with E-state index < -0.39 is 5.79 Å². The monoisotopic (exact) mass is 399 g/mol. The van der Waals surface area contributed by atoms with E-state index in [2.05, 4.69) is 58.4 Å². The van der Waals surface area contributed by atoms with Gasteiger partial charge in [-0.2, -0.15) is 0 Å². The Morgan fingerprint density at radius 3 is 2.40 bits per heavy atom. The standard InChI is InChI=1S/C25H25N3O2/c1-25(2)29-22-15-18(20(26-3)16-23(22)30-25)24-27-19-11-7-8-12-21(19)28(24)14-13-17-9-5-4-6-10-17/h4-12,15-16,26H,13-14H2,1-3H3. The molecule has 0 radical (unpaired) electrons. The Morgan fingerprint density at radius 2 is 1.63 bits per heavy atom. The van der Waals surface area contributed by atoms with Crippen molar-refractivity contribution in [3.8, 4) is 22.9 Å². The summed E-state index contributed by atoms with van der Waals surface area (Å²) in [4.78, 5) is 4.99. The highest BCUT2D eigenvalue weighted by Crippen LogP contribution is 2.45. The van der Waals surface area contributed by atoms with Crippen molar-refractivity contribution < 1.29 is 9.47 Å². The Hall–Kier alpha value is -3.47. The maximum atomic E-state index is 6.01. The molecule has 1 aliphatic heterocycles. The minimum Gasteiger partial charge on any atom is -0.449 e. The summed E-state index contributed by atoms with van der Waals surface area (Å²) in [5.41, 5.74) is 5.39. The molecule has 4 aromatic rings. The number of fused-ring (bicyclic) bond motifs is 2. The molecule has 5 nitrogen and oxygen atoms in total. The number of imidazole rings is 1. The van der Waals surface area contributed by atoms with Gasteiger partial charge in [0.05, 0.1) is 11.0 Å². The second kappa shape index (κ2) is 7.10. The van der Waals surface area contributed by atoms with Crippen LogP contribution in [0, 0.1) is 0 Å². The largest absolute Gasteiger partial charge is 0.449 e. The van der Waals surface area contributed by atoms with E-state index in [0.717, 1.165) is 52.6 Å². The lowest BCUT2D eigenvalue weighted by atomic mass is 10.1. The molecule has 5 rings (SSSR count). The summed E-state index contributed by atoms with van der Waals surface area (Å²) in [6.45, 7) is 4.67. The number of benzene rings is 3. The van der Waals surface area contributed by atoms with E-state index in [-0.39, 0.29) is 0 Å². The molecule has 1 aliphatic rings. The van der Waals surface area contributed by atoms with Gasteiger partial charge in [-0.15, -0.1) is 0 Å². The fourth-order valence-corrected chi connectivity index (χ4v) is 4.05. The average molecular weight is 399 g/mol. The summed E-state index contributed by atoms with van der Waals surface area (Å²) in [7, 11) is 1.92. The number of para-hydroxylation sites is 2. The number of anilines is 1. The molecule has 0 saturated heterocycles. The third kappa shape index (κ3) is 3.26. The fraction of sp³-hybridized carbons (Fsp3) is 0.240. The Morgan fingerprint density at radius 1 is 0.933 bits per heavy atom. The highest BCUT2D eigenvalue weighted by atomic mass is 16.7. The molecule has 0 fully saturated rings. The van der Waals surface area contributed by atoms with Crippen LogP contribution in [0.4, 0.5) is 5.69 Å². The summed E-state index contributed by atoms with van der Waals surface area (Å²) >= 11 is 0. The van der Waals surface area contributed by atoms with Crippen molar-refractivity contribution in [2.75, 3.05) is 12.4 Å². The number of aryl methyl sites for hydroxylation is 2. The van der Waals surface area contributed by atoms with Gasteiger partial charge in [-0.3, -0.25) is 0 Å². The van der Waals surface area contributed by atoms with Crippen molar-refractivity contribution in [3.63, 3.8) is 0 Å². The van der Waals surface area contributed by atoms with Gasteiger partial charge < -0.3 is 19.4 Å². The van der Waals surface area contributed by atoms with Gasteiger partial charge in [-0.05, 0) is 30.2 Å². The topological polar surface area (TPSA) is 48.3 Å². The van der Waals surface area contributed by atoms with Gasteiger partial charge in [0.25, 0.3) is 0 Å². The van der Waals surface area contributed by atoms with Gasteiger partial charge in [0.15, 0.2) is 11.5 Å². The van der Waals surface area contributed by atoms with E-state index in [1.807, 2.05) is 39.1 Å². The summed E-state index contributed by atoms with van der Waals surface area (Å²) < 4.78 is 14.2. The molecule has 1 N–H and O–H groups in total. The molecule has 0 unspecified atom stereocenters. The highest BCUT2D eigenvalue weighted by Gasteiger charge is 2.33. The first-order valence-corrected chi connectivity index (χ1v) is 10.3. The van der Waals surface area contributed by atoms with Gasteiger partial charge >= 0.3 is 0 Å². The van der Waals surface area contributed by atoms with E-state index >= 15 is 0 Å². The summed E-state index contributed by atoms with van der Waals surface area (Å²) in [5.74, 6) is 1.75. The molecular formula is C25H25N3O2. The van der Waals surface area contributed by atoms with Crippen molar-refractivity contribution in [1.82, 2.24) is 9.55 Å². The predicted octanol–water partition coefficient (Wildman–Crippen LogP) is 5.50. The SMILES string of the molecule is CNc1cc2c(cc1-c1nc3ccccc3n1CCc1ccccc1)OC(C)(C)O2. The zero-order chi connectivity index (χ0) is 20.7. The highest BCUT2D eigenvalue weighted by molar-refractivity contribution is 5.85. The first-order chi connectivity index (χ1) is 14.5. The van der Waals surface area contributed by atoms with Crippen LogP contribution in [0.1, 0.15) is 19.4 Å². The average Bonchev–Trinajstić information content (AvgIpc) is 3.26.